The van der Waals surface area contributed by atoms with Crippen molar-refractivity contribution in [3.8, 4) is 0 Å². The van der Waals surface area contributed by atoms with Crippen LogP contribution in [0.4, 0.5) is 9.18 Å². The Balaban J connectivity index is 1.46. The first-order valence-electron chi connectivity index (χ1n) is 9.54. The van der Waals surface area contributed by atoms with Gasteiger partial charge in [0.25, 0.3) is 5.91 Å². The first-order valence-corrected chi connectivity index (χ1v) is 9.54. The van der Waals surface area contributed by atoms with Gasteiger partial charge in [0.15, 0.2) is 0 Å². The standard InChI is InChI=1S/C22H26FN3O2/c1-22(2)12-11-19(17-5-3-4-6-18(17)22)26-21(28)25-14-13-24-20(27)15-7-9-16(23)10-8-15/h3-10,19H,11-14H2,1-2H3,(H,24,27)(H2,25,26,28). The molecule has 0 saturated heterocycles. The molecule has 6 heteroatoms. The van der Waals surface area contributed by atoms with E-state index >= 15 is 0 Å². The Labute approximate surface area is 164 Å². The van der Waals surface area contributed by atoms with Crippen LogP contribution < -0.4 is 16.0 Å². The number of benzene rings is 2. The molecule has 2 aromatic rings. The number of halogens is 1. The van der Waals surface area contributed by atoms with Crippen LogP contribution >= 0.6 is 0 Å². The quantitative estimate of drug-likeness (QED) is 0.690. The highest BCUT2D eigenvalue weighted by Gasteiger charge is 2.32. The molecule has 0 radical (unpaired) electrons. The molecule has 0 bridgehead atoms. The van der Waals surface area contributed by atoms with Gasteiger partial charge in [-0.25, -0.2) is 9.18 Å². The van der Waals surface area contributed by atoms with E-state index in [4.69, 9.17) is 0 Å². The number of rotatable bonds is 5. The predicted molar refractivity (Wildman–Crippen MR) is 107 cm³/mol. The van der Waals surface area contributed by atoms with E-state index in [0.717, 1.165) is 12.8 Å². The van der Waals surface area contributed by atoms with Crippen molar-refractivity contribution in [2.45, 2.75) is 38.1 Å². The van der Waals surface area contributed by atoms with E-state index in [1.807, 2.05) is 12.1 Å². The first-order chi connectivity index (χ1) is 13.4. The summed E-state index contributed by atoms with van der Waals surface area (Å²) in [5.74, 6) is -0.687. The van der Waals surface area contributed by atoms with Gasteiger partial charge in [0.1, 0.15) is 5.82 Å². The minimum Gasteiger partial charge on any atom is -0.350 e. The summed E-state index contributed by atoms with van der Waals surface area (Å²) < 4.78 is 12.9. The fourth-order valence-electron chi connectivity index (χ4n) is 3.63. The fourth-order valence-corrected chi connectivity index (χ4v) is 3.63. The molecule has 1 aliphatic rings. The molecule has 5 nitrogen and oxygen atoms in total. The number of amides is 3. The van der Waals surface area contributed by atoms with Crippen LogP contribution in [0.15, 0.2) is 48.5 Å². The van der Waals surface area contributed by atoms with E-state index in [9.17, 15) is 14.0 Å². The summed E-state index contributed by atoms with van der Waals surface area (Å²) in [4.78, 5) is 24.2. The molecule has 2 aromatic carbocycles. The van der Waals surface area contributed by atoms with Gasteiger partial charge in [-0.1, -0.05) is 38.1 Å². The monoisotopic (exact) mass is 383 g/mol. The lowest BCUT2D eigenvalue weighted by atomic mass is 9.71. The number of hydrogen-bond donors (Lipinski definition) is 3. The van der Waals surface area contributed by atoms with Gasteiger partial charge in [-0.15, -0.1) is 0 Å². The maximum atomic E-state index is 12.9. The lowest BCUT2D eigenvalue weighted by Crippen LogP contribution is -2.43. The number of carbonyl (C=O) groups is 2. The highest BCUT2D eigenvalue weighted by atomic mass is 19.1. The van der Waals surface area contributed by atoms with Crippen molar-refractivity contribution in [1.82, 2.24) is 16.0 Å². The predicted octanol–water partition coefficient (Wildman–Crippen LogP) is 3.67. The Morgan fingerprint density at radius 2 is 1.71 bits per heavy atom. The van der Waals surface area contributed by atoms with Gasteiger partial charge < -0.3 is 16.0 Å². The van der Waals surface area contributed by atoms with E-state index in [1.54, 1.807) is 0 Å². The van der Waals surface area contributed by atoms with Gasteiger partial charge in [0, 0.05) is 18.7 Å². The maximum absolute atomic E-state index is 12.9. The van der Waals surface area contributed by atoms with Gasteiger partial charge in [0.05, 0.1) is 6.04 Å². The Bertz CT molecular complexity index is 849. The molecule has 1 atom stereocenters. The highest BCUT2D eigenvalue weighted by molar-refractivity contribution is 5.94. The number of urea groups is 1. The van der Waals surface area contributed by atoms with Crippen LogP contribution in [0.1, 0.15) is 54.2 Å². The summed E-state index contributed by atoms with van der Waals surface area (Å²) in [5.41, 5.74) is 2.93. The number of hydrogen-bond acceptors (Lipinski definition) is 2. The van der Waals surface area contributed by atoms with Gasteiger partial charge in [-0.3, -0.25) is 4.79 Å². The molecule has 0 aliphatic heterocycles. The average Bonchev–Trinajstić information content (AvgIpc) is 2.68. The van der Waals surface area contributed by atoms with E-state index < -0.39 is 0 Å². The molecule has 0 saturated carbocycles. The third-order valence-corrected chi connectivity index (χ3v) is 5.23. The van der Waals surface area contributed by atoms with Crippen molar-refractivity contribution in [2.75, 3.05) is 13.1 Å². The van der Waals surface area contributed by atoms with Crippen LogP contribution in [0.2, 0.25) is 0 Å². The van der Waals surface area contributed by atoms with Gasteiger partial charge >= 0.3 is 6.03 Å². The zero-order chi connectivity index (χ0) is 20.1. The largest absolute Gasteiger partial charge is 0.350 e. The van der Waals surface area contributed by atoms with E-state index in [0.29, 0.717) is 12.1 Å². The maximum Gasteiger partial charge on any atom is 0.315 e. The summed E-state index contributed by atoms with van der Waals surface area (Å²) in [7, 11) is 0. The minimum atomic E-state index is -0.387. The van der Waals surface area contributed by atoms with Crippen LogP contribution in [0, 0.1) is 5.82 Å². The Morgan fingerprint density at radius 3 is 2.46 bits per heavy atom. The topological polar surface area (TPSA) is 70.2 Å². The van der Waals surface area contributed by atoms with Crippen molar-refractivity contribution >= 4 is 11.9 Å². The molecule has 28 heavy (non-hydrogen) atoms. The molecule has 0 aromatic heterocycles. The van der Waals surface area contributed by atoms with Crippen LogP contribution in [-0.4, -0.2) is 25.0 Å². The summed E-state index contributed by atoms with van der Waals surface area (Å²) in [6.45, 7) is 5.05. The Kier molecular flexibility index (Phi) is 5.97. The SMILES string of the molecule is CC1(C)CCC(NC(=O)NCCNC(=O)c2ccc(F)cc2)c2ccccc21. The van der Waals surface area contributed by atoms with Gasteiger partial charge in [-0.05, 0) is 53.6 Å². The lowest BCUT2D eigenvalue weighted by molar-refractivity contribution is 0.0953. The molecule has 3 amide bonds. The normalized spacial score (nSPS) is 17.3. The van der Waals surface area contributed by atoms with Crippen LogP contribution in [-0.2, 0) is 5.41 Å². The first kappa shape index (κ1) is 19.9. The molecule has 0 spiro atoms. The third-order valence-electron chi connectivity index (χ3n) is 5.23. The Morgan fingerprint density at radius 1 is 1.04 bits per heavy atom. The van der Waals surface area contributed by atoms with Gasteiger partial charge in [-0.2, -0.15) is 0 Å². The van der Waals surface area contributed by atoms with Gasteiger partial charge in [0.2, 0.25) is 0 Å². The third kappa shape index (κ3) is 4.68. The molecule has 0 heterocycles. The van der Waals surface area contributed by atoms with E-state index in [2.05, 4.69) is 41.9 Å². The van der Waals surface area contributed by atoms with Crippen molar-refractivity contribution in [3.63, 3.8) is 0 Å². The number of nitrogens with one attached hydrogen (secondary N) is 3. The number of fused-ring (bicyclic) bond motifs is 1. The van der Waals surface area contributed by atoms with Crippen molar-refractivity contribution < 1.29 is 14.0 Å². The molecule has 0 fully saturated rings. The van der Waals surface area contributed by atoms with Crippen molar-refractivity contribution in [2.24, 2.45) is 0 Å². The zero-order valence-corrected chi connectivity index (χ0v) is 16.2. The second kappa shape index (κ2) is 8.42. The Hall–Kier alpha value is -2.89. The van der Waals surface area contributed by atoms with Crippen molar-refractivity contribution in [1.29, 1.82) is 0 Å². The highest BCUT2D eigenvalue weighted by Crippen LogP contribution is 2.41. The van der Waals surface area contributed by atoms with Crippen molar-refractivity contribution in [3.05, 3.63) is 71.0 Å². The molecular formula is C22H26FN3O2. The molecule has 1 unspecified atom stereocenters. The van der Waals surface area contributed by atoms with Crippen LogP contribution in [0.25, 0.3) is 0 Å². The molecule has 3 N–H and O–H groups in total. The summed E-state index contributed by atoms with van der Waals surface area (Å²) in [6.07, 6.45) is 1.89. The average molecular weight is 383 g/mol. The fraction of sp³-hybridized carbons (Fsp3) is 0.364. The molecular weight excluding hydrogens is 357 g/mol. The van der Waals surface area contributed by atoms with Crippen LogP contribution in [0.5, 0.6) is 0 Å². The molecule has 3 rings (SSSR count). The van der Waals surface area contributed by atoms with E-state index in [1.165, 1.54) is 35.4 Å². The second-order valence-electron chi connectivity index (χ2n) is 7.73. The second-order valence-corrected chi connectivity index (χ2v) is 7.73. The lowest BCUT2D eigenvalue weighted by Gasteiger charge is -2.37. The minimum absolute atomic E-state index is 0.0157. The smallest absolute Gasteiger partial charge is 0.315 e. The summed E-state index contributed by atoms with van der Waals surface area (Å²) >= 11 is 0. The summed E-state index contributed by atoms with van der Waals surface area (Å²) in [5, 5.41) is 8.51. The molecule has 1 aliphatic carbocycles. The summed E-state index contributed by atoms with van der Waals surface area (Å²) in [6, 6.07) is 13.3. The van der Waals surface area contributed by atoms with E-state index in [-0.39, 0.29) is 35.8 Å². The van der Waals surface area contributed by atoms with Crippen LogP contribution in [0.3, 0.4) is 0 Å². The number of carbonyl (C=O) groups excluding carboxylic acids is 2. The zero-order valence-electron chi connectivity index (χ0n) is 16.2. The molecule has 148 valence electrons.